The number of rotatable bonds is 8. The molecule has 0 aliphatic rings. The van der Waals surface area contributed by atoms with Crippen LogP contribution in [-0.2, 0) is 16.0 Å². The molecule has 0 fully saturated rings. The molecule has 0 saturated carbocycles. The predicted molar refractivity (Wildman–Crippen MR) is 116 cm³/mol. The zero-order valence-corrected chi connectivity index (χ0v) is 17.8. The number of hydrogen-bond acceptors (Lipinski definition) is 4. The molecule has 0 radical (unpaired) electrons. The maximum Gasteiger partial charge on any atom is 0.340 e. The zero-order valence-electron chi connectivity index (χ0n) is 17.8. The Labute approximate surface area is 177 Å². The largest absolute Gasteiger partial charge is 0.452 e. The lowest BCUT2D eigenvalue weighted by Gasteiger charge is -2.15. The lowest BCUT2D eigenvalue weighted by Crippen LogP contribution is -2.34. The first-order chi connectivity index (χ1) is 14.3. The first-order valence-corrected chi connectivity index (χ1v) is 10.0. The quantitative estimate of drug-likeness (QED) is 0.576. The monoisotopic (exact) mass is 411 g/mol. The number of benzene rings is 2. The van der Waals surface area contributed by atoms with Crippen LogP contribution in [0.5, 0.6) is 0 Å². The van der Waals surface area contributed by atoms with E-state index in [1.807, 2.05) is 45.0 Å². The number of carbonyl (C=O) groups is 3. The molecule has 2 aromatic carbocycles. The van der Waals surface area contributed by atoms with Crippen molar-refractivity contribution >= 4 is 23.6 Å². The summed E-state index contributed by atoms with van der Waals surface area (Å²) in [6.07, 6.45) is 0.951. The third-order valence-corrected chi connectivity index (χ3v) is 4.41. The van der Waals surface area contributed by atoms with Gasteiger partial charge in [0, 0.05) is 6.04 Å². The summed E-state index contributed by atoms with van der Waals surface area (Å²) in [7, 11) is 0. The highest BCUT2D eigenvalue weighted by Gasteiger charge is 2.17. The summed E-state index contributed by atoms with van der Waals surface area (Å²) < 4.78 is 5.14. The van der Waals surface area contributed by atoms with E-state index in [4.69, 9.17) is 4.74 Å². The van der Waals surface area contributed by atoms with Crippen molar-refractivity contribution in [2.24, 2.45) is 0 Å². The average molecular weight is 412 g/mol. The molecule has 0 spiro atoms. The fraction of sp³-hybridized carbons (Fsp3) is 0.348. The average Bonchev–Trinajstić information content (AvgIpc) is 2.71. The summed E-state index contributed by atoms with van der Waals surface area (Å²) >= 11 is 0. The molecule has 0 aliphatic carbocycles. The van der Waals surface area contributed by atoms with Gasteiger partial charge in [-0.2, -0.15) is 0 Å². The Morgan fingerprint density at radius 2 is 1.60 bits per heavy atom. The predicted octanol–water partition coefficient (Wildman–Crippen LogP) is 3.81. The van der Waals surface area contributed by atoms with Gasteiger partial charge in [0.1, 0.15) is 0 Å². The second-order valence-corrected chi connectivity index (χ2v) is 7.26. The minimum atomic E-state index is -0.689. The number of para-hydroxylation sites is 1. The molecule has 0 heterocycles. The highest BCUT2D eigenvalue weighted by atomic mass is 16.5. The molecule has 160 valence electrons. The van der Waals surface area contributed by atoms with Gasteiger partial charge >= 0.3 is 12.0 Å². The fourth-order valence-corrected chi connectivity index (χ4v) is 2.81. The van der Waals surface area contributed by atoms with Crippen LogP contribution in [0.25, 0.3) is 0 Å². The Morgan fingerprint density at radius 3 is 2.23 bits per heavy atom. The summed E-state index contributed by atoms with van der Waals surface area (Å²) in [5.41, 5.74) is 2.68. The van der Waals surface area contributed by atoms with Gasteiger partial charge in [-0.05, 0) is 50.5 Å². The van der Waals surface area contributed by atoms with Gasteiger partial charge < -0.3 is 20.7 Å². The summed E-state index contributed by atoms with van der Waals surface area (Å²) in [6, 6.07) is 13.8. The van der Waals surface area contributed by atoms with Crippen LogP contribution in [0.15, 0.2) is 48.5 Å². The molecule has 30 heavy (non-hydrogen) atoms. The van der Waals surface area contributed by atoms with Crippen LogP contribution in [0.1, 0.15) is 55.2 Å². The number of hydrogen-bond donors (Lipinski definition) is 3. The molecule has 3 N–H and O–H groups in total. The second-order valence-electron chi connectivity index (χ2n) is 7.26. The van der Waals surface area contributed by atoms with Crippen molar-refractivity contribution in [2.75, 3.05) is 11.9 Å². The van der Waals surface area contributed by atoms with Crippen LogP contribution in [0.2, 0.25) is 0 Å². The van der Waals surface area contributed by atoms with E-state index in [0.717, 1.165) is 12.0 Å². The maximum absolute atomic E-state index is 12.4. The molecule has 1 atom stereocenters. The SMILES string of the molecule is CCc1ccc(C(C)NC(=O)COC(=O)c2ccccc2NC(=O)NC(C)C)cc1. The van der Waals surface area contributed by atoms with Gasteiger partial charge in [0.2, 0.25) is 0 Å². The third kappa shape index (κ3) is 6.92. The number of anilines is 1. The minimum Gasteiger partial charge on any atom is -0.452 e. The van der Waals surface area contributed by atoms with Crippen molar-refractivity contribution in [3.63, 3.8) is 0 Å². The van der Waals surface area contributed by atoms with Crippen LogP contribution in [0.3, 0.4) is 0 Å². The van der Waals surface area contributed by atoms with Crippen molar-refractivity contribution in [3.8, 4) is 0 Å². The molecular weight excluding hydrogens is 382 g/mol. The van der Waals surface area contributed by atoms with Gasteiger partial charge in [0.25, 0.3) is 5.91 Å². The molecule has 2 rings (SSSR count). The van der Waals surface area contributed by atoms with Crippen molar-refractivity contribution in [3.05, 3.63) is 65.2 Å². The number of urea groups is 1. The molecule has 7 nitrogen and oxygen atoms in total. The number of ether oxygens (including phenoxy) is 1. The molecule has 0 aromatic heterocycles. The smallest absolute Gasteiger partial charge is 0.340 e. The number of nitrogens with one attached hydrogen (secondary N) is 3. The standard InChI is InChI=1S/C23H29N3O4/c1-5-17-10-12-18(13-11-17)16(4)25-21(27)14-30-22(28)19-8-6-7-9-20(19)26-23(29)24-15(2)3/h6-13,15-16H,5,14H2,1-4H3,(H,25,27)(H2,24,26,29). The second kappa shape index (κ2) is 11.0. The van der Waals surface area contributed by atoms with E-state index in [1.165, 1.54) is 11.6 Å². The Hall–Kier alpha value is -3.35. The minimum absolute atomic E-state index is 0.0482. The molecule has 0 bridgehead atoms. The van der Waals surface area contributed by atoms with Crippen LogP contribution in [0.4, 0.5) is 10.5 Å². The van der Waals surface area contributed by atoms with E-state index in [-0.39, 0.29) is 17.6 Å². The van der Waals surface area contributed by atoms with Crippen molar-refractivity contribution in [1.29, 1.82) is 0 Å². The lowest BCUT2D eigenvalue weighted by atomic mass is 10.1. The fourth-order valence-electron chi connectivity index (χ4n) is 2.81. The Morgan fingerprint density at radius 1 is 0.933 bits per heavy atom. The summed E-state index contributed by atoms with van der Waals surface area (Å²) in [4.78, 5) is 36.5. The summed E-state index contributed by atoms with van der Waals surface area (Å²) in [6.45, 7) is 7.20. The van der Waals surface area contributed by atoms with Gasteiger partial charge in [0.15, 0.2) is 6.61 Å². The van der Waals surface area contributed by atoms with Crippen molar-refractivity contribution in [2.45, 2.75) is 46.2 Å². The van der Waals surface area contributed by atoms with E-state index in [0.29, 0.717) is 5.69 Å². The van der Waals surface area contributed by atoms with Crippen LogP contribution < -0.4 is 16.0 Å². The van der Waals surface area contributed by atoms with E-state index >= 15 is 0 Å². The van der Waals surface area contributed by atoms with Crippen molar-refractivity contribution in [1.82, 2.24) is 10.6 Å². The van der Waals surface area contributed by atoms with Gasteiger partial charge in [-0.3, -0.25) is 4.79 Å². The van der Waals surface area contributed by atoms with E-state index in [1.54, 1.807) is 18.2 Å². The van der Waals surface area contributed by atoms with E-state index < -0.39 is 24.5 Å². The summed E-state index contributed by atoms with van der Waals surface area (Å²) in [5.74, 6) is -1.09. The number of esters is 1. The van der Waals surface area contributed by atoms with Crippen LogP contribution in [0, 0.1) is 0 Å². The Bertz CT molecular complexity index is 878. The van der Waals surface area contributed by atoms with Gasteiger partial charge in [-0.1, -0.05) is 43.3 Å². The molecule has 0 aliphatic heterocycles. The van der Waals surface area contributed by atoms with Crippen molar-refractivity contribution < 1.29 is 19.1 Å². The first kappa shape index (κ1) is 22.9. The first-order valence-electron chi connectivity index (χ1n) is 10.0. The normalized spacial score (nSPS) is 11.5. The molecule has 3 amide bonds. The molecule has 2 aromatic rings. The third-order valence-electron chi connectivity index (χ3n) is 4.41. The molecule has 1 unspecified atom stereocenters. The van der Waals surface area contributed by atoms with E-state index in [9.17, 15) is 14.4 Å². The topological polar surface area (TPSA) is 96.5 Å². The van der Waals surface area contributed by atoms with Gasteiger partial charge in [-0.15, -0.1) is 0 Å². The van der Waals surface area contributed by atoms with E-state index in [2.05, 4.69) is 22.9 Å². The molecular formula is C23H29N3O4. The highest BCUT2D eigenvalue weighted by molar-refractivity contribution is 6.01. The zero-order chi connectivity index (χ0) is 22.1. The number of amides is 3. The summed E-state index contributed by atoms with van der Waals surface area (Å²) in [5, 5.41) is 8.12. The highest BCUT2D eigenvalue weighted by Crippen LogP contribution is 2.17. The number of aryl methyl sites for hydroxylation is 1. The Balaban J connectivity index is 1.91. The molecule has 0 saturated heterocycles. The van der Waals surface area contributed by atoms with Gasteiger partial charge in [-0.25, -0.2) is 9.59 Å². The lowest BCUT2D eigenvalue weighted by molar-refractivity contribution is -0.124. The maximum atomic E-state index is 12.4. The molecule has 7 heteroatoms. The Kier molecular flexibility index (Phi) is 8.41. The van der Waals surface area contributed by atoms with Crippen LogP contribution >= 0.6 is 0 Å². The number of carbonyl (C=O) groups excluding carboxylic acids is 3. The van der Waals surface area contributed by atoms with Crippen LogP contribution in [-0.4, -0.2) is 30.6 Å². The van der Waals surface area contributed by atoms with Gasteiger partial charge in [0.05, 0.1) is 17.3 Å².